The predicted octanol–water partition coefficient (Wildman–Crippen LogP) is 0.967. The maximum atomic E-state index is 10.0. The van der Waals surface area contributed by atoms with Crippen molar-refractivity contribution in [1.82, 2.24) is 19.1 Å². The lowest BCUT2D eigenvalue weighted by Gasteiger charge is -1.90. The Morgan fingerprint density at radius 2 is 1.76 bits per heavy atom. The summed E-state index contributed by atoms with van der Waals surface area (Å²) in [4.78, 5) is 16.7. The highest BCUT2D eigenvalue weighted by atomic mass is 16.6. The van der Waals surface area contributed by atoms with Gasteiger partial charge in [0.1, 0.15) is 12.4 Å². The molecule has 0 saturated carbocycles. The van der Waals surface area contributed by atoms with E-state index in [9.17, 15) is 10.1 Å². The fourth-order valence-corrected chi connectivity index (χ4v) is 0.911. The summed E-state index contributed by atoms with van der Waals surface area (Å²) in [5.74, 6) is 0.426. The van der Waals surface area contributed by atoms with Crippen LogP contribution in [0.25, 0.3) is 0 Å². The fourth-order valence-electron chi connectivity index (χ4n) is 0.911. The number of nitrogen functional groups attached to an aromatic ring is 1. The van der Waals surface area contributed by atoms with Crippen molar-refractivity contribution < 1.29 is 4.92 Å². The summed E-state index contributed by atoms with van der Waals surface area (Å²) in [5, 5.41) is 10.0. The second kappa shape index (κ2) is 6.26. The molecule has 0 saturated heterocycles. The summed E-state index contributed by atoms with van der Waals surface area (Å²) in [6.45, 7) is 0. The molecular weight excluding hydrogens is 224 g/mol. The molecule has 0 aliphatic rings. The number of anilines is 1. The third-order valence-electron chi connectivity index (χ3n) is 1.82. The Balaban J connectivity index is 0.000000292. The zero-order valence-electron chi connectivity index (χ0n) is 8.94. The second-order valence-electron chi connectivity index (χ2n) is 2.99. The molecule has 0 spiro atoms. The number of hydrogen-bond donors (Lipinski definition) is 1. The van der Waals surface area contributed by atoms with E-state index in [0.29, 0.717) is 5.95 Å². The van der Waals surface area contributed by atoms with Gasteiger partial charge in [0.25, 0.3) is 0 Å². The zero-order valence-corrected chi connectivity index (χ0v) is 8.94. The van der Waals surface area contributed by atoms with E-state index in [-0.39, 0.29) is 13.4 Å². The molecule has 8 nitrogen and oxygen atoms in total. The Bertz CT molecular complexity index is 459. The van der Waals surface area contributed by atoms with Crippen molar-refractivity contribution in [2.45, 2.75) is 7.43 Å². The zero-order chi connectivity index (χ0) is 12.1. The van der Waals surface area contributed by atoms with Gasteiger partial charge in [0.15, 0.2) is 5.95 Å². The SMILES string of the molecule is C.Cn1ccnc1N.Cn1ccnc1[N+](=O)[O-]. The first-order valence-corrected chi connectivity index (χ1v) is 4.37. The molecule has 94 valence electrons. The van der Waals surface area contributed by atoms with Gasteiger partial charge in [-0.2, -0.15) is 0 Å². The number of nitrogens with zero attached hydrogens (tertiary/aromatic N) is 5. The first-order chi connectivity index (χ1) is 7.52. The minimum Gasteiger partial charge on any atom is -0.390 e. The Labute approximate surface area is 98.9 Å². The predicted molar refractivity (Wildman–Crippen MR) is 64.2 cm³/mol. The number of hydrogen-bond acceptors (Lipinski definition) is 5. The van der Waals surface area contributed by atoms with Crippen LogP contribution in [-0.2, 0) is 14.1 Å². The van der Waals surface area contributed by atoms with Crippen molar-refractivity contribution in [2.24, 2.45) is 14.1 Å². The van der Waals surface area contributed by atoms with E-state index in [4.69, 9.17) is 5.73 Å². The third kappa shape index (κ3) is 3.93. The average Bonchev–Trinajstić information content (AvgIpc) is 2.78. The number of nitrogens with two attached hydrogens (primary N) is 1. The van der Waals surface area contributed by atoms with Gasteiger partial charge in [-0.15, -0.1) is 0 Å². The van der Waals surface area contributed by atoms with Gasteiger partial charge in [0.05, 0.1) is 7.05 Å². The molecule has 17 heavy (non-hydrogen) atoms. The lowest BCUT2D eigenvalue weighted by Crippen LogP contribution is -1.96. The Kier molecular flexibility index (Phi) is 5.38. The quantitative estimate of drug-likeness (QED) is 0.590. The standard InChI is InChI=1S/C4H5N3O2.C4H7N3.CH4/c1-6-3-2-5-4(6)7(8)9;1-7-3-2-6-4(7)5;/h2-3H,1H3;2-3H,1H3,(H2,5,6);1H4. The van der Waals surface area contributed by atoms with Crippen molar-refractivity contribution in [1.29, 1.82) is 0 Å². The monoisotopic (exact) mass is 240 g/mol. The van der Waals surface area contributed by atoms with Gasteiger partial charge in [-0.1, -0.05) is 12.4 Å². The largest absolute Gasteiger partial charge is 0.434 e. The molecule has 0 aliphatic heterocycles. The number of aryl methyl sites for hydroxylation is 2. The highest BCUT2D eigenvalue weighted by Crippen LogP contribution is 2.02. The maximum Gasteiger partial charge on any atom is 0.434 e. The summed E-state index contributed by atoms with van der Waals surface area (Å²) >= 11 is 0. The van der Waals surface area contributed by atoms with Crippen molar-refractivity contribution in [3.8, 4) is 0 Å². The topological polar surface area (TPSA) is 105 Å². The van der Waals surface area contributed by atoms with E-state index < -0.39 is 4.92 Å². The lowest BCUT2D eigenvalue weighted by molar-refractivity contribution is -0.396. The van der Waals surface area contributed by atoms with Gasteiger partial charge in [-0.3, -0.25) is 0 Å². The minimum absolute atomic E-state index is 0. The fraction of sp³-hybridized carbons (Fsp3) is 0.333. The minimum atomic E-state index is -0.528. The normalized spacial score (nSPS) is 8.82. The van der Waals surface area contributed by atoms with Gasteiger partial charge in [-0.25, -0.2) is 9.55 Å². The molecule has 0 aromatic carbocycles. The van der Waals surface area contributed by atoms with E-state index in [2.05, 4.69) is 9.97 Å². The van der Waals surface area contributed by atoms with Gasteiger partial charge in [0.2, 0.25) is 0 Å². The van der Waals surface area contributed by atoms with E-state index in [1.807, 2.05) is 7.05 Å². The summed E-state index contributed by atoms with van der Waals surface area (Å²) in [5.41, 5.74) is 5.29. The van der Waals surface area contributed by atoms with Crippen LogP contribution in [0.15, 0.2) is 24.8 Å². The number of nitro groups is 1. The molecule has 8 heteroatoms. The molecule has 0 amide bonds. The average molecular weight is 240 g/mol. The first kappa shape index (κ1) is 14.6. The van der Waals surface area contributed by atoms with E-state index >= 15 is 0 Å². The van der Waals surface area contributed by atoms with Crippen molar-refractivity contribution in [3.63, 3.8) is 0 Å². The summed E-state index contributed by atoms with van der Waals surface area (Å²) in [7, 11) is 3.42. The third-order valence-corrected chi connectivity index (χ3v) is 1.82. The highest BCUT2D eigenvalue weighted by Gasteiger charge is 2.07. The van der Waals surface area contributed by atoms with Crippen LogP contribution in [0.2, 0.25) is 0 Å². The van der Waals surface area contributed by atoms with Crippen LogP contribution < -0.4 is 5.73 Å². The maximum absolute atomic E-state index is 10.0. The van der Waals surface area contributed by atoms with Crippen LogP contribution in [0.1, 0.15) is 7.43 Å². The molecule has 0 atom stereocenters. The summed E-state index contributed by atoms with van der Waals surface area (Å²) < 4.78 is 3.10. The summed E-state index contributed by atoms with van der Waals surface area (Å²) in [6.07, 6.45) is 6.38. The van der Waals surface area contributed by atoms with E-state index in [1.54, 1.807) is 24.0 Å². The van der Waals surface area contributed by atoms with Crippen molar-refractivity contribution >= 4 is 11.9 Å². The second-order valence-corrected chi connectivity index (χ2v) is 2.99. The Hall–Kier alpha value is -2.38. The van der Waals surface area contributed by atoms with Gasteiger partial charge < -0.3 is 20.4 Å². The Morgan fingerprint density at radius 1 is 1.24 bits per heavy atom. The van der Waals surface area contributed by atoms with Gasteiger partial charge in [-0.05, 0) is 4.92 Å². The van der Waals surface area contributed by atoms with E-state index in [1.165, 1.54) is 17.0 Å². The molecule has 0 unspecified atom stereocenters. The van der Waals surface area contributed by atoms with Crippen LogP contribution in [0.5, 0.6) is 0 Å². The molecule has 0 radical (unpaired) electrons. The van der Waals surface area contributed by atoms with Crippen LogP contribution >= 0.6 is 0 Å². The first-order valence-electron chi connectivity index (χ1n) is 4.37. The summed E-state index contributed by atoms with van der Waals surface area (Å²) in [6, 6.07) is 0. The molecule has 2 aromatic rings. The van der Waals surface area contributed by atoms with Gasteiger partial charge in [0, 0.05) is 19.4 Å². The number of aromatic nitrogens is 4. The Morgan fingerprint density at radius 3 is 1.94 bits per heavy atom. The molecule has 2 aromatic heterocycles. The van der Waals surface area contributed by atoms with Crippen molar-refractivity contribution in [2.75, 3.05) is 5.73 Å². The molecule has 0 bridgehead atoms. The molecule has 2 N–H and O–H groups in total. The lowest BCUT2D eigenvalue weighted by atomic mass is 10.9. The molecule has 2 rings (SSSR count). The van der Waals surface area contributed by atoms with E-state index in [0.717, 1.165) is 0 Å². The van der Waals surface area contributed by atoms with Crippen molar-refractivity contribution in [3.05, 3.63) is 34.9 Å². The molecule has 0 fully saturated rings. The highest BCUT2D eigenvalue weighted by molar-refractivity contribution is 5.15. The van der Waals surface area contributed by atoms with Crippen LogP contribution in [0, 0.1) is 10.1 Å². The van der Waals surface area contributed by atoms with Crippen LogP contribution in [0.4, 0.5) is 11.9 Å². The number of rotatable bonds is 1. The van der Waals surface area contributed by atoms with Crippen LogP contribution in [-0.4, -0.2) is 24.0 Å². The molecular formula is C9H16N6O2. The molecule has 2 heterocycles. The van der Waals surface area contributed by atoms with Crippen LogP contribution in [0.3, 0.4) is 0 Å². The number of imidazole rings is 2. The van der Waals surface area contributed by atoms with Gasteiger partial charge >= 0.3 is 5.95 Å². The molecule has 0 aliphatic carbocycles. The smallest absolute Gasteiger partial charge is 0.390 e.